The molecule has 0 bridgehead atoms. The number of carbonyl (C=O) groups excluding carboxylic acids is 1. The average molecular weight is 450 g/mol. The summed E-state index contributed by atoms with van der Waals surface area (Å²) in [4.78, 5) is 13.5. The van der Waals surface area contributed by atoms with E-state index in [2.05, 4.69) is 5.32 Å². The Labute approximate surface area is 172 Å². The lowest BCUT2D eigenvalue weighted by atomic mass is 9.84. The van der Waals surface area contributed by atoms with Crippen molar-refractivity contribution in [2.24, 2.45) is 0 Å². The van der Waals surface area contributed by atoms with Crippen molar-refractivity contribution in [2.75, 3.05) is 18.4 Å². The summed E-state index contributed by atoms with van der Waals surface area (Å²) in [6.07, 6.45) is -9.54. The molecule has 168 valence electrons. The Hall–Kier alpha value is -2.82. The van der Waals surface area contributed by atoms with Crippen LogP contribution in [0.25, 0.3) is 0 Å². The smallest absolute Gasteiger partial charge is 0.385 e. The van der Waals surface area contributed by atoms with Crippen molar-refractivity contribution in [3.8, 4) is 0 Å². The van der Waals surface area contributed by atoms with Gasteiger partial charge in [-0.05, 0) is 48.7 Å². The molecule has 1 aliphatic heterocycles. The first-order valence-electron chi connectivity index (χ1n) is 9.12. The van der Waals surface area contributed by atoms with Gasteiger partial charge >= 0.3 is 18.4 Å². The highest BCUT2D eigenvalue weighted by atomic mass is 19.4. The number of nitrogens with zero attached hydrogens (tertiary/aromatic N) is 1. The van der Waals surface area contributed by atoms with E-state index in [1.807, 2.05) is 0 Å². The number of rotatable bonds is 2. The normalized spacial score (nSPS) is 16.8. The summed E-state index contributed by atoms with van der Waals surface area (Å²) < 4.78 is 90.7. The maximum atomic E-state index is 13.5. The van der Waals surface area contributed by atoms with Crippen molar-refractivity contribution in [1.82, 2.24) is 4.90 Å². The Kier molecular flexibility index (Phi) is 5.92. The minimum Gasteiger partial charge on any atom is -0.385 e. The maximum absolute atomic E-state index is 13.5. The number of amides is 2. The van der Waals surface area contributed by atoms with Crippen LogP contribution >= 0.6 is 0 Å². The van der Waals surface area contributed by atoms with Crippen LogP contribution in [0.15, 0.2) is 42.5 Å². The fourth-order valence-electron chi connectivity index (χ4n) is 3.38. The van der Waals surface area contributed by atoms with E-state index in [1.165, 1.54) is 17.0 Å². The molecule has 31 heavy (non-hydrogen) atoms. The topological polar surface area (TPSA) is 52.6 Å². The fraction of sp³-hybridized carbons (Fsp3) is 0.350. The molecule has 1 aliphatic rings. The van der Waals surface area contributed by atoms with Crippen LogP contribution in [0.5, 0.6) is 0 Å². The zero-order chi connectivity index (χ0) is 23.0. The summed E-state index contributed by atoms with van der Waals surface area (Å²) in [5.74, 6) is -1.18. The largest absolute Gasteiger partial charge is 0.416 e. The number of likely N-dealkylation sites (tertiary alicyclic amines) is 1. The molecule has 0 spiro atoms. The zero-order valence-corrected chi connectivity index (χ0v) is 15.8. The van der Waals surface area contributed by atoms with Crippen molar-refractivity contribution in [3.05, 3.63) is 65.0 Å². The van der Waals surface area contributed by atoms with Crippen molar-refractivity contribution in [3.63, 3.8) is 0 Å². The van der Waals surface area contributed by atoms with Gasteiger partial charge < -0.3 is 15.3 Å². The second kappa shape index (κ2) is 8.03. The molecule has 0 unspecified atom stereocenters. The molecule has 2 aromatic rings. The number of urea groups is 1. The number of halogens is 7. The lowest BCUT2D eigenvalue weighted by molar-refractivity contribution is -0.138. The Morgan fingerprint density at radius 1 is 0.935 bits per heavy atom. The molecule has 3 rings (SSSR count). The van der Waals surface area contributed by atoms with E-state index in [4.69, 9.17) is 0 Å². The molecule has 0 saturated carbocycles. The standard InChI is InChI=1S/C20H17F7N2O2/c21-15-9-14(20(25,26)27)10-16(11-15)28-17(30)29-6-4-18(31,5-7-29)12-2-1-3-13(8-12)19(22,23)24/h1-3,8-11,31H,4-7H2,(H,28,30). The predicted octanol–water partition coefficient (Wildman–Crippen LogP) is 5.38. The molecule has 1 fully saturated rings. The molecule has 4 nitrogen and oxygen atoms in total. The minimum atomic E-state index is -4.80. The molecule has 0 aliphatic carbocycles. The third kappa shape index (κ3) is 5.27. The number of nitrogens with one attached hydrogen (secondary N) is 1. The van der Waals surface area contributed by atoms with Gasteiger partial charge in [0.15, 0.2) is 0 Å². The number of anilines is 1. The molecule has 11 heteroatoms. The zero-order valence-electron chi connectivity index (χ0n) is 15.8. The monoisotopic (exact) mass is 450 g/mol. The number of hydrogen-bond acceptors (Lipinski definition) is 2. The first kappa shape index (κ1) is 22.9. The molecule has 0 radical (unpaired) electrons. The molecule has 0 atom stereocenters. The molecule has 0 aromatic heterocycles. The highest BCUT2D eigenvalue weighted by Gasteiger charge is 2.38. The average Bonchev–Trinajstić information content (AvgIpc) is 2.67. The lowest BCUT2D eigenvalue weighted by Gasteiger charge is -2.38. The third-order valence-corrected chi connectivity index (χ3v) is 5.08. The number of piperidine rings is 1. The van der Waals surface area contributed by atoms with Gasteiger partial charge in [0.1, 0.15) is 5.82 Å². The summed E-state index contributed by atoms with van der Waals surface area (Å²) in [6, 6.07) is 5.06. The molecule has 1 heterocycles. The van der Waals surface area contributed by atoms with Crippen molar-refractivity contribution >= 4 is 11.7 Å². The summed E-state index contributed by atoms with van der Waals surface area (Å²) in [7, 11) is 0. The SMILES string of the molecule is O=C(Nc1cc(F)cc(C(F)(F)F)c1)N1CCC(O)(c2cccc(C(F)(F)F)c2)CC1. The third-order valence-electron chi connectivity index (χ3n) is 5.08. The van der Waals surface area contributed by atoms with E-state index in [9.17, 15) is 40.6 Å². The van der Waals surface area contributed by atoms with Crippen LogP contribution < -0.4 is 5.32 Å². The van der Waals surface area contributed by atoms with E-state index in [1.54, 1.807) is 0 Å². The van der Waals surface area contributed by atoms with E-state index in [0.717, 1.165) is 18.2 Å². The lowest BCUT2D eigenvalue weighted by Crippen LogP contribution is -2.46. The van der Waals surface area contributed by atoms with E-state index in [-0.39, 0.29) is 31.5 Å². The number of benzene rings is 2. The number of hydrogen-bond donors (Lipinski definition) is 2. The highest BCUT2D eigenvalue weighted by molar-refractivity contribution is 5.89. The van der Waals surface area contributed by atoms with Crippen molar-refractivity contribution < 1.29 is 40.6 Å². The quantitative estimate of drug-likeness (QED) is 0.604. The molecular formula is C20H17F7N2O2. The van der Waals surface area contributed by atoms with Gasteiger partial charge in [0, 0.05) is 18.8 Å². The Morgan fingerprint density at radius 3 is 2.13 bits per heavy atom. The minimum absolute atomic E-state index is 0.0577. The first-order chi connectivity index (χ1) is 14.3. The van der Waals surface area contributed by atoms with E-state index >= 15 is 0 Å². The molecular weight excluding hydrogens is 433 g/mol. The van der Waals surface area contributed by atoms with Crippen LogP contribution in [-0.4, -0.2) is 29.1 Å². The van der Waals surface area contributed by atoms with Crippen molar-refractivity contribution in [2.45, 2.75) is 30.8 Å². The maximum Gasteiger partial charge on any atom is 0.416 e. The molecule has 2 aromatic carbocycles. The van der Waals surface area contributed by atoms with Gasteiger partial charge in [-0.2, -0.15) is 26.3 Å². The van der Waals surface area contributed by atoms with Crippen LogP contribution in [0.2, 0.25) is 0 Å². The predicted molar refractivity (Wildman–Crippen MR) is 96.6 cm³/mol. The van der Waals surface area contributed by atoms with Crippen LogP contribution in [0.1, 0.15) is 29.5 Å². The summed E-state index contributed by atoms with van der Waals surface area (Å²) in [6.45, 7) is -0.139. The summed E-state index contributed by atoms with van der Waals surface area (Å²) in [5.41, 5.74) is -4.11. The Morgan fingerprint density at radius 2 is 1.55 bits per heavy atom. The van der Waals surface area contributed by atoms with Crippen molar-refractivity contribution in [1.29, 1.82) is 0 Å². The molecule has 1 saturated heterocycles. The first-order valence-corrected chi connectivity index (χ1v) is 9.12. The molecule has 2 N–H and O–H groups in total. The second-order valence-corrected chi connectivity index (χ2v) is 7.25. The van der Waals surface area contributed by atoms with Gasteiger partial charge in [0.25, 0.3) is 0 Å². The highest BCUT2D eigenvalue weighted by Crippen LogP contribution is 2.37. The van der Waals surface area contributed by atoms with Gasteiger partial charge in [-0.1, -0.05) is 12.1 Å². The van der Waals surface area contributed by atoms with Gasteiger partial charge in [-0.25, -0.2) is 9.18 Å². The van der Waals surface area contributed by atoms with E-state index < -0.39 is 46.6 Å². The fourth-order valence-corrected chi connectivity index (χ4v) is 3.38. The van der Waals surface area contributed by atoms with Gasteiger partial charge in [-0.3, -0.25) is 0 Å². The number of alkyl halides is 6. The summed E-state index contributed by atoms with van der Waals surface area (Å²) in [5, 5.41) is 13.0. The number of carbonyl (C=O) groups is 1. The van der Waals surface area contributed by atoms with Crippen LogP contribution in [0.3, 0.4) is 0 Å². The van der Waals surface area contributed by atoms with Crippen LogP contribution in [-0.2, 0) is 18.0 Å². The van der Waals surface area contributed by atoms with Crippen LogP contribution in [0, 0.1) is 5.82 Å². The summed E-state index contributed by atoms with van der Waals surface area (Å²) >= 11 is 0. The Balaban J connectivity index is 1.69. The molecule has 2 amide bonds. The Bertz CT molecular complexity index is 965. The van der Waals surface area contributed by atoms with Gasteiger partial charge in [0.2, 0.25) is 0 Å². The van der Waals surface area contributed by atoms with Gasteiger partial charge in [0.05, 0.1) is 16.7 Å². The van der Waals surface area contributed by atoms with E-state index in [0.29, 0.717) is 12.1 Å². The van der Waals surface area contributed by atoms with Crippen LogP contribution in [0.4, 0.5) is 41.2 Å². The number of aliphatic hydroxyl groups is 1. The van der Waals surface area contributed by atoms with Gasteiger partial charge in [-0.15, -0.1) is 0 Å². The second-order valence-electron chi connectivity index (χ2n) is 7.25.